The highest BCUT2D eigenvalue weighted by Gasteiger charge is 2.33. The molecule has 2 nitrogen and oxygen atoms in total. The van der Waals surface area contributed by atoms with Crippen LogP contribution in [0.5, 0.6) is 0 Å². The van der Waals surface area contributed by atoms with Gasteiger partial charge in [0.05, 0.1) is 0 Å². The minimum atomic E-state index is 0.244. The summed E-state index contributed by atoms with van der Waals surface area (Å²) in [7, 11) is 2.06. The van der Waals surface area contributed by atoms with Gasteiger partial charge in [-0.2, -0.15) is 0 Å². The number of anilines is 1. The molecule has 3 heteroatoms. The lowest BCUT2D eigenvalue weighted by Gasteiger charge is -2.47. The van der Waals surface area contributed by atoms with Crippen molar-refractivity contribution in [2.24, 2.45) is 0 Å². The molecular formula is C15H23BrN2. The van der Waals surface area contributed by atoms with Gasteiger partial charge in [0.1, 0.15) is 0 Å². The maximum Gasteiger partial charge on any atom is 0.0374 e. The van der Waals surface area contributed by atoms with E-state index in [-0.39, 0.29) is 5.54 Å². The van der Waals surface area contributed by atoms with Crippen molar-refractivity contribution in [1.29, 1.82) is 0 Å². The topological polar surface area (TPSA) is 15.3 Å². The first-order valence-electron chi connectivity index (χ1n) is 6.65. The van der Waals surface area contributed by atoms with Gasteiger partial charge in [-0.25, -0.2) is 0 Å². The molecule has 1 unspecified atom stereocenters. The highest BCUT2D eigenvalue weighted by Crippen LogP contribution is 2.34. The van der Waals surface area contributed by atoms with Crippen molar-refractivity contribution in [3.8, 4) is 0 Å². The van der Waals surface area contributed by atoms with E-state index in [1.54, 1.807) is 0 Å². The number of piperidine rings is 1. The molecule has 0 aromatic heterocycles. The molecule has 0 radical (unpaired) electrons. The molecule has 1 heterocycles. The zero-order chi connectivity index (χ0) is 13.3. The molecule has 1 aromatic carbocycles. The second kappa shape index (κ2) is 5.22. The Labute approximate surface area is 119 Å². The Morgan fingerprint density at radius 1 is 1.39 bits per heavy atom. The highest BCUT2D eigenvalue weighted by molar-refractivity contribution is 9.10. The molecule has 1 N–H and O–H groups in total. The smallest absolute Gasteiger partial charge is 0.0374 e. The molecular weight excluding hydrogens is 288 g/mol. The SMILES string of the molecule is CNC1CCC(C)(C)N(c2ccc(Br)c(C)c2)C1. The van der Waals surface area contributed by atoms with E-state index >= 15 is 0 Å². The minimum Gasteiger partial charge on any atom is -0.365 e. The summed E-state index contributed by atoms with van der Waals surface area (Å²) in [6.07, 6.45) is 2.49. The molecule has 0 spiro atoms. The van der Waals surface area contributed by atoms with Gasteiger partial charge in [-0.05, 0) is 64.4 Å². The molecule has 1 aliphatic rings. The van der Waals surface area contributed by atoms with Gasteiger partial charge in [-0.3, -0.25) is 0 Å². The summed E-state index contributed by atoms with van der Waals surface area (Å²) in [6, 6.07) is 7.26. The number of aryl methyl sites for hydroxylation is 1. The largest absolute Gasteiger partial charge is 0.365 e. The second-order valence-corrected chi connectivity index (χ2v) is 6.74. The van der Waals surface area contributed by atoms with Crippen LogP contribution in [-0.4, -0.2) is 25.2 Å². The zero-order valence-corrected chi connectivity index (χ0v) is 13.3. The van der Waals surface area contributed by atoms with E-state index in [4.69, 9.17) is 0 Å². The summed E-state index contributed by atoms with van der Waals surface area (Å²) in [5.41, 5.74) is 2.88. The van der Waals surface area contributed by atoms with Crippen LogP contribution in [0, 0.1) is 6.92 Å². The Morgan fingerprint density at radius 3 is 2.72 bits per heavy atom. The molecule has 0 bridgehead atoms. The standard InChI is InChI=1S/C15H23BrN2/c1-11-9-13(5-6-14(11)16)18-10-12(17-4)7-8-15(18,2)3/h5-6,9,12,17H,7-8,10H2,1-4H3. The van der Waals surface area contributed by atoms with E-state index in [2.05, 4.69) is 72.2 Å². The Hall–Kier alpha value is -0.540. The van der Waals surface area contributed by atoms with Crippen molar-refractivity contribution in [2.45, 2.75) is 45.2 Å². The molecule has 1 fully saturated rings. The molecule has 18 heavy (non-hydrogen) atoms. The number of likely N-dealkylation sites (N-methyl/N-ethyl adjacent to an activating group) is 1. The number of hydrogen-bond donors (Lipinski definition) is 1. The van der Waals surface area contributed by atoms with E-state index in [0.717, 1.165) is 6.54 Å². The van der Waals surface area contributed by atoms with Crippen molar-refractivity contribution >= 4 is 21.6 Å². The van der Waals surface area contributed by atoms with Crippen molar-refractivity contribution in [1.82, 2.24) is 5.32 Å². The third kappa shape index (κ3) is 2.72. The monoisotopic (exact) mass is 310 g/mol. The summed E-state index contributed by atoms with van der Waals surface area (Å²) in [6.45, 7) is 7.93. The molecule has 1 aromatic rings. The molecule has 0 saturated carbocycles. The number of nitrogens with one attached hydrogen (secondary N) is 1. The Morgan fingerprint density at radius 2 is 2.11 bits per heavy atom. The first-order chi connectivity index (χ1) is 8.44. The molecule has 100 valence electrons. The van der Waals surface area contributed by atoms with Gasteiger partial charge in [0.25, 0.3) is 0 Å². The van der Waals surface area contributed by atoms with Crippen LogP contribution in [0.4, 0.5) is 5.69 Å². The van der Waals surface area contributed by atoms with E-state index in [9.17, 15) is 0 Å². The van der Waals surface area contributed by atoms with Crippen molar-refractivity contribution in [3.63, 3.8) is 0 Å². The Balaban J connectivity index is 2.30. The van der Waals surface area contributed by atoms with E-state index < -0.39 is 0 Å². The van der Waals surface area contributed by atoms with Crippen LogP contribution in [0.25, 0.3) is 0 Å². The van der Waals surface area contributed by atoms with Crippen LogP contribution < -0.4 is 10.2 Å². The quantitative estimate of drug-likeness (QED) is 0.895. The van der Waals surface area contributed by atoms with Gasteiger partial charge in [-0.1, -0.05) is 15.9 Å². The summed E-state index contributed by atoms with van der Waals surface area (Å²) >= 11 is 3.58. The number of nitrogens with zero attached hydrogens (tertiary/aromatic N) is 1. The number of benzene rings is 1. The van der Waals surface area contributed by atoms with Crippen molar-refractivity contribution < 1.29 is 0 Å². The maximum atomic E-state index is 3.58. The zero-order valence-electron chi connectivity index (χ0n) is 11.8. The molecule has 0 amide bonds. The third-order valence-corrected chi connectivity index (χ3v) is 4.99. The maximum absolute atomic E-state index is 3.58. The first-order valence-corrected chi connectivity index (χ1v) is 7.44. The molecule has 1 atom stereocenters. The van der Waals surface area contributed by atoms with Gasteiger partial charge in [0.15, 0.2) is 0 Å². The molecule has 1 saturated heterocycles. The van der Waals surface area contributed by atoms with Crippen LogP contribution in [0.3, 0.4) is 0 Å². The Bertz CT molecular complexity index is 429. The lowest BCUT2D eigenvalue weighted by molar-refractivity contribution is 0.313. The minimum absolute atomic E-state index is 0.244. The lowest BCUT2D eigenvalue weighted by atomic mass is 9.87. The lowest BCUT2D eigenvalue weighted by Crippen LogP contribution is -2.55. The number of hydrogen-bond acceptors (Lipinski definition) is 2. The normalized spacial score (nSPS) is 23.2. The highest BCUT2D eigenvalue weighted by atomic mass is 79.9. The van der Waals surface area contributed by atoms with Crippen molar-refractivity contribution in [2.75, 3.05) is 18.5 Å². The first kappa shape index (κ1) is 13.9. The van der Waals surface area contributed by atoms with Gasteiger partial charge >= 0.3 is 0 Å². The summed E-state index contributed by atoms with van der Waals surface area (Å²) < 4.78 is 1.19. The summed E-state index contributed by atoms with van der Waals surface area (Å²) in [5.74, 6) is 0. The molecule has 1 aliphatic heterocycles. The van der Waals surface area contributed by atoms with Crippen molar-refractivity contribution in [3.05, 3.63) is 28.2 Å². The van der Waals surface area contributed by atoms with E-state index in [1.807, 2.05) is 0 Å². The van der Waals surface area contributed by atoms with Crippen LogP contribution in [-0.2, 0) is 0 Å². The predicted octanol–water partition coefficient (Wildman–Crippen LogP) is 3.72. The molecule has 0 aliphatic carbocycles. The molecule has 2 rings (SSSR count). The number of halogens is 1. The van der Waals surface area contributed by atoms with Crippen LogP contribution in [0.15, 0.2) is 22.7 Å². The van der Waals surface area contributed by atoms with Crippen LogP contribution in [0.2, 0.25) is 0 Å². The fraction of sp³-hybridized carbons (Fsp3) is 0.600. The second-order valence-electron chi connectivity index (χ2n) is 5.88. The average molecular weight is 311 g/mol. The summed E-state index contributed by atoms with van der Waals surface area (Å²) in [5, 5.41) is 3.42. The fourth-order valence-corrected chi connectivity index (χ4v) is 2.96. The van der Waals surface area contributed by atoms with Gasteiger partial charge in [0.2, 0.25) is 0 Å². The fourth-order valence-electron chi connectivity index (χ4n) is 2.71. The van der Waals surface area contributed by atoms with Gasteiger partial charge in [-0.15, -0.1) is 0 Å². The third-order valence-electron chi connectivity index (χ3n) is 4.10. The van der Waals surface area contributed by atoms with E-state index in [1.165, 1.54) is 28.6 Å². The number of rotatable bonds is 2. The Kier molecular flexibility index (Phi) is 4.02. The van der Waals surface area contributed by atoms with Crippen LogP contribution in [0.1, 0.15) is 32.3 Å². The van der Waals surface area contributed by atoms with Gasteiger partial charge in [0, 0.05) is 28.3 Å². The van der Waals surface area contributed by atoms with E-state index in [0.29, 0.717) is 6.04 Å². The van der Waals surface area contributed by atoms with Gasteiger partial charge < -0.3 is 10.2 Å². The summed E-state index contributed by atoms with van der Waals surface area (Å²) in [4.78, 5) is 2.54. The van der Waals surface area contributed by atoms with Crippen LogP contribution >= 0.6 is 15.9 Å². The predicted molar refractivity (Wildman–Crippen MR) is 82.4 cm³/mol. The average Bonchev–Trinajstić information content (AvgIpc) is 2.33.